The highest BCUT2D eigenvalue weighted by Crippen LogP contribution is 2.18. The van der Waals surface area contributed by atoms with Crippen LogP contribution in [0.4, 0.5) is 0 Å². The quantitative estimate of drug-likeness (QED) is 0.438. The molecule has 1 heterocycles. The molecule has 2 heteroatoms. The van der Waals surface area contributed by atoms with Gasteiger partial charge in [-0.3, -0.25) is 4.98 Å². The van der Waals surface area contributed by atoms with Crippen molar-refractivity contribution >= 4 is 6.08 Å². The molecule has 0 unspecified atom stereocenters. The van der Waals surface area contributed by atoms with E-state index in [0.29, 0.717) is 0 Å². The highest BCUT2D eigenvalue weighted by Gasteiger charge is 2.06. The summed E-state index contributed by atoms with van der Waals surface area (Å²) in [5, 5.41) is 0. The molecule has 0 fully saturated rings. The molecule has 0 aliphatic heterocycles. The van der Waals surface area contributed by atoms with Crippen LogP contribution in [0.2, 0.25) is 0 Å². The van der Waals surface area contributed by atoms with Crippen LogP contribution in [0.15, 0.2) is 12.1 Å². The minimum absolute atomic E-state index is 0.801. The van der Waals surface area contributed by atoms with Crippen LogP contribution < -0.4 is 0 Å². The molecule has 1 aromatic rings. The van der Waals surface area contributed by atoms with Crippen molar-refractivity contribution in [3.63, 3.8) is 0 Å². The van der Waals surface area contributed by atoms with Crippen molar-refractivity contribution in [2.75, 3.05) is 13.7 Å². The topological polar surface area (TPSA) is 22.1 Å². The second-order valence-electron chi connectivity index (χ2n) is 6.50. The molecule has 23 heavy (non-hydrogen) atoms. The first-order valence-electron chi connectivity index (χ1n) is 9.31. The Bertz CT molecular complexity index is 465. The number of aryl methyl sites for hydroxylation is 3. The number of nitrogens with zero attached hydrogens (tertiary/aromatic N) is 1. The summed E-state index contributed by atoms with van der Waals surface area (Å²) in [5.41, 5.74) is 4.99. The van der Waals surface area contributed by atoms with Crippen LogP contribution in [0.1, 0.15) is 80.8 Å². The van der Waals surface area contributed by atoms with E-state index >= 15 is 0 Å². The van der Waals surface area contributed by atoms with Crippen molar-refractivity contribution in [3.8, 4) is 0 Å². The zero-order valence-electron chi connectivity index (χ0n) is 15.7. The number of hydrogen-bond acceptors (Lipinski definition) is 2. The molecule has 0 saturated carbocycles. The predicted octanol–water partition coefficient (Wildman–Crippen LogP) is 6.04. The molecule has 0 bridgehead atoms. The van der Waals surface area contributed by atoms with E-state index in [1.165, 1.54) is 61.8 Å². The fraction of sp³-hybridized carbons (Fsp3) is 0.667. The van der Waals surface area contributed by atoms with Crippen molar-refractivity contribution in [3.05, 3.63) is 34.7 Å². The van der Waals surface area contributed by atoms with E-state index in [4.69, 9.17) is 9.72 Å². The lowest BCUT2D eigenvalue weighted by Gasteiger charge is -2.10. The Balaban J connectivity index is 2.51. The van der Waals surface area contributed by atoms with E-state index in [1.54, 1.807) is 7.11 Å². The third-order valence-electron chi connectivity index (χ3n) is 4.24. The van der Waals surface area contributed by atoms with Gasteiger partial charge in [-0.2, -0.15) is 0 Å². The maximum Gasteiger partial charge on any atom is 0.0482 e. The Labute approximate surface area is 143 Å². The normalized spacial score (nSPS) is 11.5. The van der Waals surface area contributed by atoms with Gasteiger partial charge < -0.3 is 4.74 Å². The maximum atomic E-state index is 5.17. The number of ether oxygens (including phenoxy) is 1. The first-order valence-corrected chi connectivity index (χ1v) is 9.31. The molecule has 0 spiro atoms. The van der Waals surface area contributed by atoms with Gasteiger partial charge >= 0.3 is 0 Å². The molecule has 1 rings (SSSR count). The average Bonchev–Trinajstić information content (AvgIpc) is 2.52. The van der Waals surface area contributed by atoms with Crippen LogP contribution in [-0.4, -0.2) is 18.7 Å². The van der Waals surface area contributed by atoms with Crippen molar-refractivity contribution in [2.24, 2.45) is 0 Å². The smallest absolute Gasteiger partial charge is 0.0482 e. The Morgan fingerprint density at radius 2 is 1.78 bits per heavy atom. The minimum atomic E-state index is 0.801. The Morgan fingerprint density at radius 3 is 2.52 bits per heavy atom. The van der Waals surface area contributed by atoms with Gasteiger partial charge in [0.15, 0.2) is 0 Å². The SMILES string of the molecule is CCCCCCCC/C=C\c1c(C)cc(C)nc1CCCOC. The maximum absolute atomic E-state index is 5.17. The van der Waals surface area contributed by atoms with Crippen molar-refractivity contribution < 1.29 is 4.74 Å². The van der Waals surface area contributed by atoms with E-state index in [9.17, 15) is 0 Å². The third-order valence-corrected chi connectivity index (χ3v) is 4.24. The largest absolute Gasteiger partial charge is 0.385 e. The van der Waals surface area contributed by atoms with E-state index in [1.807, 2.05) is 0 Å². The van der Waals surface area contributed by atoms with E-state index in [2.05, 4.69) is 39.0 Å². The number of pyridine rings is 1. The van der Waals surface area contributed by atoms with Crippen molar-refractivity contribution in [1.82, 2.24) is 4.98 Å². The fourth-order valence-corrected chi connectivity index (χ4v) is 2.97. The summed E-state index contributed by atoms with van der Waals surface area (Å²) in [6, 6.07) is 2.18. The lowest BCUT2D eigenvalue weighted by atomic mass is 10.0. The number of rotatable bonds is 12. The molecule has 1 aromatic heterocycles. The molecular formula is C21H35NO. The van der Waals surface area contributed by atoms with Gasteiger partial charge in [0.1, 0.15) is 0 Å². The average molecular weight is 318 g/mol. The summed E-state index contributed by atoms with van der Waals surface area (Å²) in [4.78, 5) is 4.75. The van der Waals surface area contributed by atoms with Crippen molar-refractivity contribution in [2.45, 2.75) is 78.6 Å². The molecule has 0 aliphatic rings. The Morgan fingerprint density at radius 1 is 1.04 bits per heavy atom. The van der Waals surface area contributed by atoms with Gasteiger partial charge in [0, 0.05) is 25.1 Å². The highest BCUT2D eigenvalue weighted by atomic mass is 16.5. The van der Waals surface area contributed by atoms with Gasteiger partial charge in [-0.1, -0.05) is 51.2 Å². The molecule has 2 nitrogen and oxygen atoms in total. The summed E-state index contributed by atoms with van der Waals surface area (Å²) in [5.74, 6) is 0. The number of methoxy groups -OCH3 is 1. The molecule has 0 aliphatic carbocycles. The van der Waals surface area contributed by atoms with Crippen LogP contribution in [0, 0.1) is 13.8 Å². The Kier molecular flexibility index (Phi) is 10.6. The van der Waals surface area contributed by atoms with Gasteiger partial charge in [-0.15, -0.1) is 0 Å². The zero-order valence-corrected chi connectivity index (χ0v) is 15.7. The summed E-state index contributed by atoms with van der Waals surface area (Å²) in [6.07, 6.45) is 16.0. The van der Waals surface area contributed by atoms with Crippen LogP contribution in [-0.2, 0) is 11.2 Å². The molecular weight excluding hydrogens is 282 g/mol. The molecule has 0 saturated heterocycles. The van der Waals surface area contributed by atoms with E-state index in [0.717, 1.165) is 25.1 Å². The summed E-state index contributed by atoms with van der Waals surface area (Å²) in [6.45, 7) is 7.34. The highest BCUT2D eigenvalue weighted by molar-refractivity contribution is 5.56. The van der Waals surface area contributed by atoms with Crippen LogP contribution in [0.3, 0.4) is 0 Å². The summed E-state index contributed by atoms with van der Waals surface area (Å²) >= 11 is 0. The van der Waals surface area contributed by atoms with E-state index < -0.39 is 0 Å². The number of aromatic nitrogens is 1. The standard InChI is InChI=1S/C21H35NO/c1-5-6-7-8-9-10-11-12-14-20-18(2)17-19(3)22-21(20)15-13-16-23-4/h12,14,17H,5-11,13,15-16H2,1-4H3/b14-12-. The van der Waals surface area contributed by atoms with Crippen LogP contribution >= 0.6 is 0 Å². The molecule has 0 atom stereocenters. The molecule has 0 N–H and O–H groups in total. The van der Waals surface area contributed by atoms with Gasteiger partial charge in [-0.05, 0) is 56.7 Å². The summed E-state index contributed by atoms with van der Waals surface area (Å²) in [7, 11) is 1.76. The Hall–Kier alpha value is -1.15. The second-order valence-corrected chi connectivity index (χ2v) is 6.50. The molecule has 0 amide bonds. The summed E-state index contributed by atoms with van der Waals surface area (Å²) < 4.78 is 5.17. The lowest BCUT2D eigenvalue weighted by Crippen LogP contribution is -2.01. The van der Waals surface area contributed by atoms with E-state index in [-0.39, 0.29) is 0 Å². The van der Waals surface area contributed by atoms with Gasteiger partial charge in [0.25, 0.3) is 0 Å². The van der Waals surface area contributed by atoms with Gasteiger partial charge in [0.05, 0.1) is 0 Å². The van der Waals surface area contributed by atoms with Crippen LogP contribution in [0.25, 0.3) is 6.08 Å². The number of hydrogen-bond donors (Lipinski definition) is 0. The fourth-order valence-electron chi connectivity index (χ4n) is 2.97. The minimum Gasteiger partial charge on any atom is -0.385 e. The first-order chi connectivity index (χ1) is 11.2. The third kappa shape index (κ3) is 8.31. The molecule has 0 aromatic carbocycles. The van der Waals surface area contributed by atoms with Crippen molar-refractivity contribution in [1.29, 1.82) is 0 Å². The molecule has 130 valence electrons. The van der Waals surface area contributed by atoms with Gasteiger partial charge in [0.2, 0.25) is 0 Å². The first kappa shape index (κ1) is 19.9. The lowest BCUT2D eigenvalue weighted by molar-refractivity contribution is 0.195. The van der Waals surface area contributed by atoms with Crippen LogP contribution in [0.5, 0.6) is 0 Å². The van der Waals surface area contributed by atoms with Gasteiger partial charge in [-0.25, -0.2) is 0 Å². The predicted molar refractivity (Wildman–Crippen MR) is 101 cm³/mol. The molecule has 0 radical (unpaired) electrons. The monoisotopic (exact) mass is 317 g/mol. The number of unbranched alkanes of at least 4 members (excludes halogenated alkanes) is 6. The second kappa shape index (κ2) is 12.3. The zero-order chi connectivity index (χ0) is 16.9. The number of allylic oxidation sites excluding steroid dienone is 1.